The largest absolute Gasteiger partial charge is 0.382 e. The minimum Gasteiger partial charge on any atom is -0.382 e. The highest BCUT2D eigenvalue weighted by Gasteiger charge is 2.15. The zero-order valence-corrected chi connectivity index (χ0v) is 16.4. The van der Waals surface area contributed by atoms with E-state index in [2.05, 4.69) is 15.6 Å². The summed E-state index contributed by atoms with van der Waals surface area (Å²) in [6.45, 7) is 3.62. The van der Waals surface area contributed by atoms with Crippen LogP contribution in [-0.2, 0) is 9.53 Å². The molecule has 2 aromatic carbocycles. The maximum atomic E-state index is 12.8. The molecule has 1 heterocycles. The van der Waals surface area contributed by atoms with Gasteiger partial charge in [0.2, 0.25) is 0 Å². The third-order valence-corrected chi connectivity index (χ3v) is 4.41. The summed E-state index contributed by atoms with van der Waals surface area (Å²) in [6, 6.07) is 16.6. The lowest BCUT2D eigenvalue weighted by atomic mass is 10.1. The van der Waals surface area contributed by atoms with Crippen LogP contribution in [0.3, 0.4) is 0 Å². The van der Waals surface area contributed by atoms with Gasteiger partial charge in [-0.15, -0.1) is 0 Å². The number of rotatable bonds is 9. The van der Waals surface area contributed by atoms with Gasteiger partial charge in [0.05, 0.1) is 0 Å². The number of ether oxygens (including phenoxy) is 1. The minimum atomic E-state index is -0.337. The number of amides is 2. The molecule has 0 fully saturated rings. The number of carbonyl (C=O) groups is 2. The number of hydrogen-bond donors (Lipinski definition) is 3. The number of benzene rings is 2. The maximum absolute atomic E-state index is 12.8. The lowest BCUT2D eigenvalue weighted by Gasteiger charge is -2.11. The van der Waals surface area contributed by atoms with Crippen LogP contribution in [0.25, 0.3) is 17.0 Å². The predicted molar refractivity (Wildman–Crippen MR) is 114 cm³/mol. The van der Waals surface area contributed by atoms with Crippen LogP contribution < -0.4 is 10.6 Å². The molecule has 2 amide bonds. The first-order valence-corrected chi connectivity index (χ1v) is 9.69. The van der Waals surface area contributed by atoms with Gasteiger partial charge in [0, 0.05) is 48.0 Å². The number of carbonyl (C=O) groups excluding carboxylic acids is 2. The van der Waals surface area contributed by atoms with Gasteiger partial charge >= 0.3 is 0 Å². The van der Waals surface area contributed by atoms with E-state index in [0.717, 1.165) is 16.5 Å². The second kappa shape index (κ2) is 10.2. The number of hydrogen-bond acceptors (Lipinski definition) is 3. The van der Waals surface area contributed by atoms with Crippen LogP contribution in [0.4, 0.5) is 0 Å². The van der Waals surface area contributed by atoms with Crippen LogP contribution >= 0.6 is 0 Å². The van der Waals surface area contributed by atoms with Crippen LogP contribution in [0.1, 0.15) is 29.3 Å². The summed E-state index contributed by atoms with van der Waals surface area (Å²) in [6.07, 6.45) is 4.21. The van der Waals surface area contributed by atoms with Crippen LogP contribution in [0, 0.1) is 0 Å². The van der Waals surface area contributed by atoms with Crippen molar-refractivity contribution in [3.05, 3.63) is 77.6 Å². The summed E-state index contributed by atoms with van der Waals surface area (Å²) in [5, 5.41) is 6.58. The van der Waals surface area contributed by atoms with Gasteiger partial charge in [-0.05, 0) is 37.6 Å². The Bertz CT molecular complexity index is 993. The van der Waals surface area contributed by atoms with Gasteiger partial charge in [-0.1, -0.05) is 36.4 Å². The summed E-state index contributed by atoms with van der Waals surface area (Å²) < 4.78 is 5.29. The first kappa shape index (κ1) is 20.4. The first-order valence-electron chi connectivity index (χ1n) is 9.69. The van der Waals surface area contributed by atoms with Crippen molar-refractivity contribution in [1.82, 2.24) is 15.6 Å². The lowest BCUT2D eigenvalue weighted by Crippen LogP contribution is -2.35. The summed E-state index contributed by atoms with van der Waals surface area (Å²) >= 11 is 0. The molecule has 1 aromatic heterocycles. The van der Waals surface area contributed by atoms with Crippen molar-refractivity contribution >= 4 is 28.8 Å². The highest BCUT2D eigenvalue weighted by atomic mass is 16.5. The van der Waals surface area contributed by atoms with Gasteiger partial charge in [0.1, 0.15) is 5.70 Å². The molecule has 0 spiro atoms. The second-order valence-corrected chi connectivity index (χ2v) is 6.47. The highest BCUT2D eigenvalue weighted by Crippen LogP contribution is 2.20. The molecule has 3 aromatic rings. The molecule has 0 unspecified atom stereocenters. The molecule has 3 rings (SSSR count). The number of aromatic nitrogens is 1. The van der Waals surface area contributed by atoms with E-state index in [0.29, 0.717) is 31.7 Å². The van der Waals surface area contributed by atoms with E-state index in [1.54, 1.807) is 30.3 Å². The van der Waals surface area contributed by atoms with E-state index in [1.807, 2.05) is 43.5 Å². The predicted octanol–water partition coefficient (Wildman–Crippen LogP) is 3.48. The van der Waals surface area contributed by atoms with Crippen LogP contribution in [0.2, 0.25) is 0 Å². The van der Waals surface area contributed by atoms with Crippen LogP contribution in [0.5, 0.6) is 0 Å². The zero-order chi connectivity index (χ0) is 20.5. The van der Waals surface area contributed by atoms with E-state index < -0.39 is 0 Å². The lowest BCUT2D eigenvalue weighted by molar-refractivity contribution is -0.117. The summed E-state index contributed by atoms with van der Waals surface area (Å²) in [7, 11) is 0. The Morgan fingerprint density at radius 1 is 1.07 bits per heavy atom. The van der Waals surface area contributed by atoms with E-state index in [-0.39, 0.29) is 17.5 Å². The molecule has 6 heteroatoms. The molecule has 150 valence electrons. The Kier molecular flexibility index (Phi) is 7.19. The van der Waals surface area contributed by atoms with Crippen LogP contribution in [0.15, 0.2) is 66.5 Å². The molecule has 0 saturated heterocycles. The molecular weight excluding hydrogens is 366 g/mol. The first-order chi connectivity index (χ1) is 14.2. The van der Waals surface area contributed by atoms with Crippen molar-refractivity contribution in [2.45, 2.75) is 13.3 Å². The summed E-state index contributed by atoms with van der Waals surface area (Å²) in [5.74, 6) is -0.669. The van der Waals surface area contributed by atoms with Crippen molar-refractivity contribution in [1.29, 1.82) is 0 Å². The molecule has 29 heavy (non-hydrogen) atoms. The normalized spacial score (nSPS) is 11.4. The van der Waals surface area contributed by atoms with Crippen molar-refractivity contribution < 1.29 is 14.3 Å². The number of fused-ring (bicyclic) bond motifs is 1. The SMILES string of the molecule is CCOCCCNC(=O)/C(=C/c1c[nH]c2ccccc12)NC(=O)c1ccccc1. The van der Waals surface area contributed by atoms with Crippen molar-refractivity contribution in [3.8, 4) is 0 Å². The van der Waals surface area contributed by atoms with Gasteiger partial charge in [0.25, 0.3) is 11.8 Å². The van der Waals surface area contributed by atoms with Gasteiger partial charge in [-0.2, -0.15) is 0 Å². The van der Waals surface area contributed by atoms with Crippen molar-refractivity contribution in [3.63, 3.8) is 0 Å². The molecule has 0 radical (unpaired) electrons. The average Bonchev–Trinajstić information content (AvgIpc) is 3.16. The molecule has 3 N–H and O–H groups in total. The fourth-order valence-electron chi connectivity index (χ4n) is 2.93. The Labute approximate surface area is 170 Å². The molecule has 0 aliphatic heterocycles. The number of H-pyrrole nitrogens is 1. The fraction of sp³-hybridized carbons (Fsp3) is 0.217. The highest BCUT2D eigenvalue weighted by molar-refractivity contribution is 6.06. The fourth-order valence-corrected chi connectivity index (χ4v) is 2.93. The molecule has 6 nitrogen and oxygen atoms in total. The summed E-state index contributed by atoms with van der Waals surface area (Å²) in [4.78, 5) is 28.5. The van der Waals surface area contributed by atoms with Crippen molar-refractivity contribution in [2.75, 3.05) is 19.8 Å². The molecule has 0 saturated carbocycles. The Hall–Kier alpha value is -3.38. The molecule has 0 bridgehead atoms. The maximum Gasteiger partial charge on any atom is 0.267 e. The van der Waals surface area contributed by atoms with E-state index in [9.17, 15) is 9.59 Å². The Balaban J connectivity index is 1.80. The van der Waals surface area contributed by atoms with Crippen molar-refractivity contribution in [2.24, 2.45) is 0 Å². The van der Waals surface area contributed by atoms with E-state index in [4.69, 9.17) is 4.74 Å². The number of aromatic amines is 1. The molecular formula is C23H25N3O3. The standard InChI is InChI=1S/C23H25N3O3/c1-2-29-14-8-13-24-23(28)21(26-22(27)17-9-4-3-5-10-17)15-18-16-25-20-12-7-6-11-19(18)20/h3-7,9-12,15-16,25H,2,8,13-14H2,1H3,(H,24,28)(H,26,27)/b21-15-. The quantitative estimate of drug-likeness (QED) is 0.386. The number of nitrogens with one attached hydrogen (secondary N) is 3. The summed E-state index contributed by atoms with van der Waals surface area (Å²) in [5.41, 5.74) is 2.47. The van der Waals surface area contributed by atoms with Crippen LogP contribution in [-0.4, -0.2) is 36.6 Å². The third-order valence-electron chi connectivity index (χ3n) is 4.41. The molecule has 0 aliphatic rings. The van der Waals surface area contributed by atoms with E-state index >= 15 is 0 Å². The monoisotopic (exact) mass is 391 g/mol. The number of para-hydroxylation sites is 1. The zero-order valence-electron chi connectivity index (χ0n) is 16.4. The smallest absolute Gasteiger partial charge is 0.267 e. The Morgan fingerprint density at radius 2 is 1.83 bits per heavy atom. The molecule has 0 atom stereocenters. The molecule has 0 aliphatic carbocycles. The van der Waals surface area contributed by atoms with Gasteiger partial charge in [0.15, 0.2) is 0 Å². The van der Waals surface area contributed by atoms with Gasteiger partial charge < -0.3 is 20.4 Å². The van der Waals surface area contributed by atoms with Gasteiger partial charge in [-0.3, -0.25) is 9.59 Å². The van der Waals surface area contributed by atoms with E-state index in [1.165, 1.54) is 0 Å². The topological polar surface area (TPSA) is 83.2 Å². The third kappa shape index (κ3) is 5.56. The minimum absolute atomic E-state index is 0.194. The second-order valence-electron chi connectivity index (χ2n) is 6.47. The average molecular weight is 391 g/mol. The van der Waals surface area contributed by atoms with Gasteiger partial charge in [-0.25, -0.2) is 0 Å². The Morgan fingerprint density at radius 3 is 2.62 bits per heavy atom.